The van der Waals surface area contributed by atoms with Crippen LogP contribution in [-0.2, 0) is 9.78 Å². The second-order valence-electron chi connectivity index (χ2n) is 0.666. The van der Waals surface area contributed by atoms with E-state index in [1.165, 1.54) is 0 Å². The molecule has 0 atom stereocenters. The SMILES string of the molecule is OOCCOO. The highest BCUT2D eigenvalue weighted by Crippen LogP contribution is 1.64. The zero-order valence-corrected chi connectivity index (χ0v) is 3.13. The lowest BCUT2D eigenvalue weighted by Crippen LogP contribution is -1.97. The summed E-state index contributed by atoms with van der Waals surface area (Å²) >= 11 is 0. The van der Waals surface area contributed by atoms with Gasteiger partial charge in [0.15, 0.2) is 0 Å². The van der Waals surface area contributed by atoms with Crippen molar-refractivity contribution in [2.45, 2.75) is 0 Å². The molecule has 0 aliphatic carbocycles. The van der Waals surface area contributed by atoms with Crippen molar-refractivity contribution < 1.29 is 20.3 Å². The minimum Gasteiger partial charge on any atom is -0.252 e. The van der Waals surface area contributed by atoms with E-state index in [0.717, 1.165) is 0 Å². The minimum atomic E-state index is -0.00347. The van der Waals surface area contributed by atoms with Gasteiger partial charge in [0.1, 0.15) is 13.2 Å². The van der Waals surface area contributed by atoms with Gasteiger partial charge in [-0.05, 0) is 0 Å². The molecular formula is C2H6O4. The summed E-state index contributed by atoms with van der Waals surface area (Å²) in [6, 6.07) is 0. The molecule has 6 heavy (non-hydrogen) atoms. The third-order valence-electron chi connectivity index (χ3n) is 0.266. The summed E-state index contributed by atoms with van der Waals surface area (Å²) in [6.07, 6.45) is 0. The van der Waals surface area contributed by atoms with Gasteiger partial charge in [0.2, 0.25) is 0 Å². The molecule has 0 saturated carbocycles. The Kier molecular flexibility index (Phi) is 4.71. The van der Waals surface area contributed by atoms with Gasteiger partial charge in [-0.3, -0.25) is 10.5 Å². The second-order valence-corrected chi connectivity index (χ2v) is 0.666. The van der Waals surface area contributed by atoms with E-state index in [4.69, 9.17) is 10.5 Å². The van der Waals surface area contributed by atoms with Crippen LogP contribution >= 0.6 is 0 Å². The summed E-state index contributed by atoms with van der Waals surface area (Å²) in [5.41, 5.74) is 0. The fourth-order valence-electron chi connectivity index (χ4n) is 0.0745. The van der Waals surface area contributed by atoms with Gasteiger partial charge in [-0.25, -0.2) is 9.78 Å². The van der Waals surface area contributed by atoms with Crippen molar-refractivity contribution in [3.8, 4) is 0 Å². The predicted molar refractivity (Wildman–Crippen MR) is 17.2 cm³/mol. The summed E-state index contributed by atoms with van der Waals surface area (Å²) in [4.78, 5) is 6.99. The highest BCUT2D eigenvalue weighted by Gasteiger charge is 1.77. The first kappa shape index (κ1) is 5.84. The van der Waals surface area contributed by atoms with Crippen LogP contribution in [0.4, 0.5) is 0 Å². The molecule has 2 N–H and O–H groups in total. The fourth-order valence-corrected chi connectivity index (χ4v) is 0.0745. The zero-order valence-electron chi connectivity index (χ0n) is 3.13. The molecule has 0 spiro atoms. The highest BCUT2D eigenvalue weighted by molar-refractivity contribution is 4.12. The normalized spacial score (nSPS) is 9.00. The molecule has 0 aliphatic rings. The molecule has 0 saturated heterocycles. The Hall–Kier alpha value is -0.160. The smallest absolute Gasteiger partial charge is 0.108 e. The predicted octanol–water partition coefficient (Wildman–Crippen LogP) is -0.0344. The summed E-state index contributed by atoms with van der Waals surface area (Å²) < 4.78 is 0. The molecule has 0 rings (SSSR count). The quantitative estimate of drug-likeness (QED) is 0.293. The molecule has 4 nitrogen and oxygen atoms in total. The van der Waals surface area contributed by atoms with Crippen LogP contribution in [0.15, 0.2) is 0 Å². The molecule has 0 aromatic heterocycles. The van der Waals surface area contributed by atoms with Gasteiger partial charge in [-0.15, -0.1) is 0 Å². The molecular weight excluding hydrogens is 88.0 g/mol. The molecule has 0 fully saturated rings. The van der Waals surface area contributed by atoms with Gasteiger partial charge >= 0.3 is 0 Å². The average molecular weight is 94.1 g/mol. The van der Waals surface area contributed by atoms with Gasteiger partial charge < -0.3 is 0 Å². The molecule has 38 valence electrons. The van der Waals surface area contributed by atoms with E-state index in [9.17, 15) is 0 Å². The lowest BCUT2D eigenvalue weighted by Gasteiger charge is -1.87. The topological polar surface area (TPSA) is 58.9 Å². The molecule has 0 aliphatic heterocycles. The molecule has 0 radical (unpaired) electrons. The summed E-state index contributed by atoms with van der Waals surface area (Å²) in [5.74, 6) is 0. The number of rotatable bonds is 3. The third-order valence-corrected chi connectivity index (χ3v) is 0.266. The van der Waals surface area contributed by atoms with Crippen LogP contribution in [-0.4, -0.2) is 23.7 Å². The largest absolute Gasteiger partial charge is 0.252 e. The lowest BCUT2D eigenvalue weighted by molar-refractivity contribution is -0.296. The molecule has 4 heteroatoms. The highest BCUT2D eigenvalue weighted by atomic mass is 17.1. The van der Waals surface area contributed by atoms with Crippen LogP contribution in [0.5, 0.6) is 0 Å². The van der Waals surface area contributed by atoms with Gasteiger partial charge in [0.25, 0.3) is 0 Å². The minimum absolute atomic E-state index is 0.00347. The number of hydrogen-bond acceptors (Lipinski definition) is 4. The number of hydrogen-bond donors (Lipinski definition) is 2. The molecule has 0 aromatic carbocycles. The van der Waals surface area contributed by atoms with Crippen molar-refractivity contribution >= 4 is 0 Å². The summed E-state index contributed by atoms with van der Waals surface area (Å²) in [6.45, 7) is -0.00694. The van der Waals surface area contributed by atoms with Crippen molar-refractivity contribution in [1.82, 2.24) is 0 Å². The van der Waals surface area contributed by atoms with Crippen molar-refractivity contribution in [2.24, 2.45) is 0 Å². The Balaban J connectivity index is 2.34. The average Bonchev–Trinajstić information content (AvgIpc) is 1.61. The van der Waals surface area contributed by atoms with E-state index in [2.05, 4.69) is 9.78 Å². The van der Waals surface area contributed by atoms with E-state index in [1.807, 2.05) is 0 Å². The maximum Gasteiger partial charge on any atom is 0.108 e. The maximum atomic E-state index is 7.51. The van der Waals surface area contributed by atoms with Crippen LogP contribution in [0.25, 0.3) is 0 Å². The first-order chi connectivity index (χ1) is 2.91. The van der Waals surface area contributed by atoms with Gasteiger partial charge in [0.05, 0.1) is 0 Å². The van der Waals surface area contributed by atoms with Crippen molar-refractivity contribution in [2.75, 3.05) is 13.2 Å². The molecule has 0 heterocycles. The third kappa shape index (κ3) is 3.84. The maximum absolute atomic E-state index is 7.51. The molecule has 0 bridgehead atoms. The Labute approximate surface area is 34.8 Å². The summed E-state index contributed by atoms with van der Waals surface area (Å²) in [5, 5.41) is 15.0. The van der Waals surface area contributed by atoms with E-state index in [0.29, 0.717) is 0 Å². The first-order valence-electron chi connectivity index (χ1n) is 1.44. The summed E-state index contributed by atoms with van der Waals surface area (Å²) in [7, 11) is 0. The van der Waals surface area contributed by atoms with Crippen LogP contribution in [0.1, 0.15) is 0 Å². The van der Waals surface area contributed by atoms with Crippen LogP contribution < -0.4 is 0 Å². The van der Waals surface area contributed by atoms with Crippen molar-refractivity contribution in [1.29, 1.82) is 0 Å². The van der Waals surface area contributed by atoms with Crippen LogP contribution in [0.3, 0.4) is 0 Å². The lowest BCUT2D eigenvalue weighted by atomic mass is 10.8. The van der Waals surface area contributed by atoms with Crippen molar-refractivity contribution in [3.63, 3.8) is 0 Å². The Bertz CT molecular complexity index is 17.5. The molecule has 0 amide bonds. The zero-order chi connectivity index (χ0) is 4.83. The standard InChI is InChI=1S/C2H6O4/c3-5-1-2-6-4/h3-4H,1-2H2. The van der Waals surface area contributed by atoms with Crippen molar-refractivity contribution in [3.05, 3.63) is 0 Å². The Morgan fingerprint density at radius 3 is 1.50 bits per heavy atom. The Morgan fingerprint density at radius 2 is 1.33 bits per heavy atom. The van der Waals surface area contributed by atoms with E-state index >= 15 is 0 Å². The van der Waals surface area contributed by atoms with E-state index < -0.39 is 0 Å². The first-order valence-corrected chi connectivity index (χ1v) is 1.44. The van der Waals surface area contributed by atoms with E-state index in [-0.39, 0.29) is 13.2 Å². The van der Waals surface area contributed by atoms with Gasteiger partial charge in [-0.1, -0.05) is 0 Å². The Morgan fingerprint density at radius 1 is 1.00 bits per heavy atom. The fraction of sp³-hybridized carbons (Fsp3) is 1.00. The molecule has 0 aromatic rings. The van der Waals surface area contributed by atoms with Gasteiger partial charge in [-0.2, -0.15) is 0 Å². The van der Waals surface area contributed by atoms with Crippen LogP contribution in [0.2, 0.25) is 0 Å². The second kappa shape index (κ2) is 4.84. The molecule has 0 unspecified atom stereocenters. The van der Waals surface area contributed by atoms with E-state index in [1.54, 1.807) is 0 Å². The van der Waals surface area contributed by atoms with Crippen LogP contribution in [0, 0.1) is 0 Å². The van der Waals surface area contributed by atoms with Gasteiger partial charge in [0, 0.05) is 0 Å². The monoisotopic (exact) mass is 94.0 g/mol.